The highest BCUT2D eigenvalue weighted by atomic mass is 32.2. The van der Waals surface area contributed by atoms with Crippen molar-refractivity contribution in [1.29, 1.82) is 0 Å². The predicted octanol–water partition coefficient (Wildman–Crippen LogP) is 2.03. The van der Waals surface area contributed by atoms with Gasteiger partial charge in [0.1, 0.15) is 10.6 Å². The molecule has 0 amide bonds. The normalized spacial score (nSPS) is 14.1. The van der Waals surface area contributed by atoms with Crippen LogP contribution in [0.15, 0.2) is 47.4 Å². The zero-order chi connectivity index (χ0) is 17.3. The van der Waals surface area contributed by atoms with E-state index in [1.165, 1.54) is 6.07 Å². The smallest absolute Gasteiger partial charge is 0.335 e. The second-order valence-electron chi connectivity index (χ2n) is 5.43. The lowest BCUT2D eigenvalue weighted by atomic mass is 10.1. The maximum Gasteiger partial charge on any atom is 0.335 e. The zero-order valence-electron chi connectivity index (χ0n) is 12.7. The summed E-state index contributed by atoms with van der Waals surface area (Å²) in [6.07, 6.45) is 0.937. The molecule has 126 valence electrons. The van der Waals surface area contributed by atoms with Gasteiger partial charge in [0, 0.05) is 13.1 Å². The van der Waals surface area contributed by atoms with Crippen molar-refractivity contribution in [2.24, 2.45) is 5.14 Å². The molecule has 3 N–H and O–H groups in total. The third-order valence-corrected chi connectivity index (χ3v) is 4.66. The number of nitrogens with zero attached hydrogens (tertiary/aromatic N) is 1. The molecule has 1 heterocycles. The number of rotatable bonds is 5. The van der Waals surface area contributed by atoms with Gasteiger partial charge in [-0.25, -0.2) is 18.4 Å². The fraction of sp³-hybridized carbons (Fsp3) is 0.188. The number of benzene rings is 2. The maximum absolute atomic E-state index is 12.0. The average molecular weight is 348 g/mol. The van der Waals surface area contributed by atoms with E-state index in [0.717, 1.165) is 12.5 Å². The number of carbonyl (C=O) groups is 1. The highest BCUT2D eigenvalue weighted by molar-refractivity contribution is 7.89. The molecule has 2 aromatic rings. The third kappa shape index (κ3) is 3.19. The van der Waals surface area contributed by atoms with E-state index in [9.17, 15) is 18.3 Å². The first-order chi connectivity index (χ1) is 11.4. The standard InChI is InChI=1S/C16H16N2O5S/c17-24(21,22)14-10-11(16(19)20)9-13(18-7-4-8-18)15(14)23-12-5-2-1-3-6-12/h1-3,5-6,9-10H,4,7-8H2,(H,19,20)(H2,17,21,22). The summed E-state index contributed by atoms with van der Waals surface area (Å²) in [4.78, 5) is 12.9. The van der Waals surface area contributed by atoms with Gasteiger partial charge in [0.15, 0.2) is 5.75 Å². The second-order valence-corrected chi connectivity index (χ2v) is 6.96. The first-order valence-corrected chi connectivity index (χ1v) is 8.83. The Balaban J connectivity index is 2.20. The Bertz CT molecular complexity index is 877. The van der Waals surface area contributed by atoms with Crippen LogP contribution in [0.4, 0.5) is 5.69 Å². The third-order valence-electron chi connectivity index (χ3n) is 3.75. The second kappa shape index (κ2) is 6.14. The van der Waals surface area contributed by atoms with E-state index in [1.807, 2.05) is 4.90 Å². The van der Waals surface area contributed by atoms with Gasteiger partial charge in [-0.3, -0.25) is 0 Å². The molecular weight excluding hydrogens is 332 g/mol. The molecule has 1 fully saturated rings. The van der Waals surface area contributed by atoms with Crippen LogP contribution in [0.5, 0.6) is 11.5 Å². The molecule has 3 rings (SSSR count). The largest absolute Gasteiger partial charge is 0.478 e. The summed E-state index contributed by atoms with van der Waals surface area (Å²) in [5, 5.41) is 14.5. The SMILES string of the molecule is NS(=O)(=O)c1cc(C(=O)O)cc(N2CCC2)c1Oc1ccccc1. The van der Waals surface area contributed by atoms with Crippen molar-refractivity contribution in [3.05, 3.63) is 48.0 Å². The fourth-order valence-corrected chi connectivity index (χ4v) is 3.12. The fourth-order valence-electron chi connectivity index (χ4n) is 2.42. The van der Waals surface area contributed by atoms with Gasteiger partial charge in [-0.1, -0.05) is 18.2 Å². The minimum absolute atomic E-state index is 0.0494. The molecule has 1 aliphatic rings. The number of hydrogen-bond acceptors (Lipinski definition) is 5. The molecule has 0 aromatic heterocycles. The van der Waals surface area contributed by atoms with Crippen LogP contribution in [0.25, 0.3) is 0 Å². The molecule has 0 aliphatic carbocycles. The summed E-state index contributed by atoms with van der Waals surface area (Å²) in [6.45, 7) is 1.39. The molecule has 0 unspecified atom stereocenters. The monoisotopic (exact) mass is 348 g/mol. The summed E-state index contributed by atoms with van der Waals surface area (Å²) in [5.41, 5.74) is 0.260. The van der Waals surface area contributed by atoms with Crippen molar-refractivity contribution >= 4 is 21.7 Å². The van der Waals surface area contributed by atoms with Gasteiger partial charge in [0.25, 0.3) is 0 Å². The Hall–Kier alpha value is -2.58. The lowest BCUT2D eigenvalue weighted by Crippen LogP contribution is -2.37. The van der Waals surface area contributed by atoms with Crippen LogP contribution in [-0.2, 0) is 10.0 Å². The summed E-state index contributed by atoms with van der Waals surface area (Å²) in [7, 11) is -4.16. The molecule has 0 radical (unpaired) electrons. The lowest BCUT2D eigenvalue weighted by molar-refractivity contribution is 0.0696. The number of anilines is 1. The summed E-state index contributed by atoms with van der Waals surface area (Å²) in [5.74, 6) is -0.742. The number of ether oxygens (including phenoxy) is 1. The molecule has 0 atom stereocenters. The van der Waals surface area contributed by atoms with E-state index < -0.39 is 16.0 Å². The van der Waals surface area contributed by atoms with Gasteiger partial charge in [-0.15, -0.1) is 0 Å². The summed E-state index contributed by atoms with van der Waals surface area (Å²) < 4.78 is 29.7. The Kier molecular flexibility index (Phi) is 4.16. The first kappa shape index (κ1) is 16.3. The number of carboxylic acids is 1. The quantitative estimate of drug-likeness (QED) is 0.855. The highest BCUT2D eigenvalue weighted by Crippen LogP contribution is 2.40. The van der Waals surface area contributed by atoms with Gasteiger partial charge in [-0.2, -0.15) is 0 Å². The molecule has 7 nitrogen and oxygen atoms in total. The van der Waals surface area contributed by atoms with E-state index in [2.05, 4.69) is 0 Å². The minimum Gasteiger partial charge on any atom is -0.478 e. The predicted molar refractivity (Wildman–Crippen MR) is 88.1 cm³/mol. The molecule has 0 saturated carbocycles. The van der Waals surface area contributed by atoms with Gasteiger partial charge in [0.2, 0.25) is 10.0 Å². The van der Waals surface area contributed by atoms with Gasteiger partial charge in [0.05, 0.1) is 11.3 Å². The number of carboxylic acid groups (broad SMARTS) is 1. The van der Waals surface area contributed by atoms with Gasteiger partial charge in [-0.05, 0) is 30.7 Å². The minimum atomic E-state index is -4.16. The topological polar surface area (TPSA) is 110 Å². The molecule has 0 spiro atoms. The summed E-state index contributed by atoms with van der Waals surface area (Å²) >= 11 is 0. The van der Waals surface area contributed by atoms with Crippen molar-refractivity contribution < 1.29 is 23.1 Å². The highest BCUT2D eigenvalue weighted by Gasteiger charge is 2.28. The number of aromatic carboxylic acids is 1. The first-order valence-electron chi connectivity index (χ1n) is 7.28. The van der Waals surface area contributed by atoms with Crippen LogP contribution < -0.4 is 14.8 Å². The molecule has 2 aromatic carbocycles. The molecule has 1 saturated heterocycles. The molecule has 8 heteroatoms. The van der Waals surface area contributed by atoms with Gasteiger partial charge < -0.3 is 14.7 Å². The van der Waals surface area contributed by atoms with Gasteiger partial charge >= 0.3 is 5.97 Å². The Morgan fingerprint density at radius 1 is 1.17 bits per heavy atom. The van der Waals surface area contributed by atoms with E-state index in [0.29, 0.717) is 24.5 Å². The van der Waals surface area contributed by atoms with Crippen LogP contribution in [0.1, 0.15) is 16.8 Å². The average Bonchev–Trinajstić information content (AvgIpc) is 2.46. The number of hydrogen-bond donors (Lipinski definition) is 2. The van der Waals surface area contributed by atoms with Crippen molar-refractivity contribution in [3.63, 3.8) is 0 Å². The Morgan fingerprint density at radius 3 is 2.33 bits per heavy atom. The number of primary sulfonamides is 1. The van der Waals surface area contributed by atoms with E-state index in [-0.39, 0.29) is 16.2 Å². The van der Waals surface area contributed by atoms with Crippen LogP contribution in [0.2, 0.25) is 0 Å². The number of para-hydroxylation sites is 1. The maximum atomic E-state index is 12.0. The molecule has 1 aliphatic heterocycles. The van der Waals surface area contributed by atoms with Crippen molar-refractivity contribution in [3.8, 4) is 11.5 Å². The molecule has 24 heavy (non-hydrogen) atoms. The zero-order valence-corrected chi connectivity index (χ0v) is 13.5. The summed E-state index contributed by atoms with van der Waals surface area (Å²) in [6, 6.07) is 11.1. The van der Waals surface area contributed by atoms with Crippen molar-refractivity contribution in [2.75, 3.05) is 18.0 Å². The van der Waals surface area contributed by atoms with E-state index >= 15 is 0 Å². The van der Waals surface area contributed by atoms with E-state index in [4.69, 9.17) is 9.88 Å². The molecular formula is C16H16N2O5S. The van der Waals surface area contributed by atoms with E-state index in [1.54, 1.807) is 30.3 Å². The molecule has 0 bridgehead atoms. The Labute approximate surface area is 139 Å². The number of nitrogens with two attached hydrogens (primary N) is 1. The van der Waals surface area contributed by atoms with Crippen LogP contribution in [0.3, 0.4) is 0 Å². The van der Waals surface area contributed by atoms with Crippen molar-refractivity contribution in [1.82, 2.24) is 0 Å². The Morgan fingerprint density at radius 2 is 1.83 bits per heavy atom. The van der Waals surface area contributed by atoms with Crippen LogP contribution in [-0.4, -0.2) is 32.6 Å². The number of sulfonamides is 1. The van der Waals surface area contributed by atoms with Crippen molar-refractivity contribution in [2.45, 2.75) is 11.3 Å². The van der Waals surface area contributed by atoms with Crippen LogP contribution in [0, 0.1) is 0 Å². The van der Waals surface area contributed by atoms with Crippen LogP contribution >= 0.6 is 0 Å². The lowest BCUT2D eigenvalue weighted by Gasteiger charge is -2.35.